The van der Waals surface area contributed by atoms with Crippen molar-refractivity contribution in [2.24, 2.45) is 0 Å². The predicted octanol–water partition coefficient (Wildman–Crippen LogP) is 5.03. The smallest absolute Gasteiger partial charge is 0.0695 e. The molecule has 1 rings (SSSR count). The van der Waals surface area contributed by atoms with Crippen molar-refractivity contribution < 1.29 is 4.74 Å². The summed E-state index contributed by atoms with van der Waals surface area (Å²) >= 11 is 0. The van der Waals surface area contributed by atoms with E-state index in [0.29, 0.717) is 5.22 Å². The van der Waals surface area contributed by atoms with Gasteiger partial charge in [-0.1, -0.05) is 37.7 Å². The Morgan fingerprint density at radius 3 is 2.53 bits per heavy atom. The summed E-state index contributed by atoms with van der Waals surface area (Å²) in [7, 11) is -0.713. The molecule has 0 saturated carbocycles. The molecular formula is C17H32OSi. The summed E-state index contributed by atoms with van der Waals surface area (Å²) in [4.78, 5) is 0. The molecule has 0 aliphatic carbocycles. The summed E-state index contributed by atoms with van der Waals surface area (Å²) in [6, 6.07) is 0. The highest BCUT2D eigenvalue weighted by Gasteiger charge is 2.36. The fraction of sp³-hybridized carbons (Fsp3) is 0.765. The van der Waals surface area contributed by atoms with Gasteiger partial charge in [-0.15, -0.1) is 6.58 Å². The summed E-state index contributed by atoms with van der Waals surface area (Å²) in [5.41, 5.74) is 0. The normalized spacial score (nSPS) is 24.2. The van der Waals surface area contributed by atoms with Crippen LogP contribution in [0.1, 0.15) is 57.8 Å². The quantitative estimate of drug-likeness (QED) is 0.327. The van der Waals surface area contributed by atoms with Crippen LogP contribution in [0.15, 0.2) is 24.8 Å². The number of hydrogen-bond donors (Lipinski definition) is 0. The van der Waals surface area contributed by atoms with Gasteiger partial charge in [-0.25, -0.2) is 0 Å². The van der Waals surface area contributed by atoms with E-state index in [1.165, 1.54) is 44.9 Å². The maximum Gasteiger partial charge on any atom is 0.0695 e. The first-order chi connectivity index (χ1) is 9.21. The zero-order valence-electron chi connectivity index (χ0n) is 13.0. The molecule has 1 aliphatic heterocycles. The lowest BCUT2D eigenvalue weighted by atomic mass is 10.0. The SMILES string of the molecule is C=CCCC=CCCCCC1([SiH](C)C)CCCCO1. The van der Waals surface area contributed by atoms with Crippen molar-refractivity contribution in [2.45, 2.75) is 76.1 Å². The van der Waals surface area contributed by atoms with Crippen molar-refractivity contribution in [3.63, 3.8) is 0 Å². The molecule has 0 amide bonds. The second kappa shape index (κ2) is 9.54. The van der Waals surface area contributed by atoms with E-state index >= 15 is 0 Å². The molecule has 1 unspecified atom stereocenters. The van der Waals surface area contributed by atoms with Crippen molar-refractivity contribution in [3.05, 3.63) is 24.8 Å². The average Bonchev–Trinajstić information content (AvgIpc) is 2.42. The number of unbranched alkanes of at least 4 members (excludes halogenated alkanes) is 3. The molecule has 0 bridgehead atoms. The van der Waals surface area contributed by atoms with Crippen LogP contribution in [0.3, 0.4) is 0 Å². The lowest BCUT2D eigenvalue weighted by Gasteiger charge is -2.40. The van der Waals surface area contributed by atoms with Crippen molar-refractivity contribution >= 4 is 8.80 Å². The van der Waals surface area contributed by atoms with Gasteiger partial charge in [0.15, 0.2) is 0 Å². The summed E-state index contributed by atoms with van der Waals surface area (Å²) in [5.74, 6) is 0. The summed E-state index contributed by atoms with van der Waals surface area (Å²) < 4.78 is 6.22. The first-order valence-corrected chi connectivity index (χ1v) is 11.0. The Labute approximate surface area is 121 Å². The van der Waals surface area contributed by atoms with Crippen LogP contribution >= 0.6 is 0 Å². The molecule has 19 heavy (non-hydrogen) atoms. The molecule has 0 aromatic rings. The van der Waals surface area contributed by atoms with Crippen LogP contribution in [0.25, 0.3) is 0 Å². The molecule has 1 fully saturated rings. The third-order valence-electron chi connectivity index (χ3n) is 4.36. The Morgan fingerprint density at radius 2 is 1.89 bits per heavy atom. The molecule has 0 N–H and O–H groups in total. The van der Waals surface area contributed by atoms with Crippen LogP contribution in [0.5, 0.6) is 0 Å². The first kappa shape index (κ1) is 16.7. The molecule has 110 valence electrons. The lowest BCUT2D eigenvalue weighted by Crippen LogP contribution is -2.47. The van der Waals surface area contributed by atoms with Gasteiger partial charge in [-0.2, -0.15) is 0 Å². The van der Waals surface area contributed by atoms with Gasteiger partial charge in [0.1, 0.15) is 0 Å². The van der Waals surface area contributed by atoms with E-state index in [1.54, 1.807) is 0 Å². The predicted molar refractivity (Wildman–Crippen MR) is 88.5 cm³/mol. The van der Waals surface area contributed by atoms with Gasteiger partial charge in [0.25, 0.3) is 0 Å². The third kappa shape index (κ3) is 6.09. The van der Waals surface area contributed by atoms with Gasteiger partial charge >= 0.3 is 0 Å². The van der Waals surface area contributed by atoms with Crippen molar-refractivity contribution in [2.75, 3.05) is 6.61 Å². The maximum atomic E-state index is 6.22. The molecule has 0 radical (unpaired) electrons. The number of hydrogen-bond acceptors (Lipinski definition) is 1. The van der Waals surface area contributed by atoms with E-state index < -0.39 is 8.80 Å². The lowest BCUT2D eigenvalue weighted by molar-refractivity contribution is -0.0291. The minimum Gasteiger partial charge on any atom is -0.379 e. The Bertz CT molecular complexity index is 264. The van der Waals surface area contributed by atoms with Crippen LogP contribution in [-0.4, -0.2) is 20.6 Å². The minimum atomic E-state index is -0.713. The Hall–Kier alpha value is -0.343. The van der Waals surface area contributed by atoms with Crippen LogP contribution in [0, 0.1) is 0 Å². The molecule has 1 atom stereocenters. The average molecular weight is 281 g/mol. The van der Waals surface area contributed by atoms with Crippen LogP contribution in [0.2, 0.25) is 13.1 Å². The summed E-state index contributed by atoms with van der Waals surface area (Å²) in [6.07, 6.45) is 18.0. The van der Waals surface area contributed by atoms with E-state index in [9.17, 15) is 0 Å². The molecular weight excluding hydrogens is 248 g/mol. The molecule has 1 saturated heterocycles. The second-order valence-corrected chi connectivity index (χ2v) is 9.47. The van der Waals surface area contributed by atoms with Crippen LogP contribution < -0.4 is 0 Å². The van der Waals surface area contributed by atoms with Gasteiger partial charge < -0.3 is 4.74 Å². The molecule has 1 aliphatic rings. The highest BCUT2D eigenvalue weighted by molar-refractivity contribution is 6.59. The fourth-order valence-electron chi connectivity index (χ4n) is 2.95. The number of rotatable bonds is 9. The van der Waals surface area contributed by atoms with Crippen molar-refractivity contribution in [1.29, 1.82) is 0 Å². The second-order valence-electron chi connectivity index (χ2n) is 6.11. The zero-order chi connectivity index (χ0) is 14.0. The number of ether oxygens (including phenoxy) is 1. The van der Waals surface area contributed by atoms with Gasteiger partial charge in [-0.05, 0) is 51.4 Å². The molecule has 0 spiro atoms. The van der Waals surface area contributed by atoms with E-state index in [0.717, 1.165) is 19.4 Å². The summed E-state index contributed by atoms with van der Waals surface area (Å²) in [5, 5.41) is 0.324. The van der Waals surface area contributed by atoms with E-state index in [1.807, 2.05) is 6.08 Å². The van der Waals surface area contributed by atoms with Gasteiger partial charge in [0.2, 0.25) is 0 Å². The zero-order valence-corrected chi connectivity index (χ0v) is 14.2. The van der Waals surface area contributed by atoms with Crippen molar-refractivity contribution in [3.8, 4) is 0 Å². The van der Waals surface area contributed by atoms with Crippen LogP contribution in [-0.2, 0) is 4.74 Å². The number of allylic oxidation sites excluding steroid dienone is 3. The Balaban J connectivity index is 2.18. The maximum absolute atomic E-state index is 6.22. The van der Waals surface area contributed by atoms with Gasteiger partial charge in [0, 0.05) is 6.61 Å². The topological polar surface area (TPSA) is 9.23 Å². The van der Waals surface area contributed by atoms with E-state index in [2.05, 4.69) is 31.8 Å². The molecule has 1 nitrogen and oxygen atoms in total. The highest BCUT2D eigenvalue weighted by Crippen LogP contribution is 2.32. The molecule has 0 aromatic heterocycles. The molecule has 2 heteroatoms. The standard InChI is InChI=1S/C17H32OSi/c1-4-5-6-7-8-9-10-11-14-17(19(2)3)15-12-13-16-18-17/h4,7-8,19H,1,5-6,9-16H2,2-3H3. The van der Waals surface area contributed by atoms with Crippen molar-refractivity contribution in [1.82, 2.24) is 0 Å². The third-order valence-corrected chi connectivity index (χ3v) is 7.21. The van der Waals surface area contributed by atoms with Gasteiger partial charge in [0.05, 0.1) is 14.0 Å². The van der Waals surface area contributed by atoms with E-state index in [-0.39, 0.29) is 0 Å². The van der Waals surface area contributed by atoms with Crippen LogP contribution in [0.4, 0.5) is 0 Å². The monoisotopic (exact) mass is 280 g/mol. The van der Waals surface area contributed by atoms with E-state index in [4.69, 9.17) is 4.74 Å². The Morgan fingerprint density at radius 1 is 1.11 bits per heavy atom. The largest absolute Gasteiger partial charge is 0.379 e. The van der Waals surface area contributed by atoms with Gasteiger partial charge in [-0.3, -0.25) is 0 Å². The molecule has 1 heterocycles. The Kier molecular flexibility index (Phi) is 8.39. The fourth-order valence-corrected chi connectivity index (χ4v) is 4.97. The highest BCUT2D eigenvalue weighted by atomic mass is 28.3. The summed E-state index contributed by atoms with van der Waals surface area (Å²) in [6.45, 7) is 9.66. The minimum absolute atomic E-state index is 0.324. The molecule has 0 aromatic carbocycles. The first-order valence-electron chi connectivity index (χ1n) is 8.11.